The molecule has 1 aliphatic rings. The highest BCUT2D eigenvalue weighted by atomic mass is 32.2. The highest BCUT2D eigenvalue weighted by molar-refractivity contribution is 8.30. The second kappa shape index (κ2) is 1.95. The zero-order valence-corrected chi connectivity index (χ0v) is 4.75. The molecule has 4 nitrogen and oxygen atoms in total. The van der Waals surface area contributed by atoms with Gasteiger partial charge in [0.1, 0.15) is 0 Å². The quantitative estimate of drug-likeness (QED) is 0.491. The average molecular weight is 132 g/mol. The summed E-state index contributed by atoms with van der Waals surface area (Å²) in [6.45, 7) is 0. The topological polar surface area (TPSA) is 62.0 Å². The van der Waals surface area contributed by atoms with E-state index in [1.54, 1.807) is 0 Å². The molecule has 0 aromatic rings. The minimum atomic E-state index is -1.31. The smallest absolute Gasteiger partial charge is 0.368 e. The molecule has 1 aliphatic heterocycles. The van der Waals surface area contributed by atoms with Crippen LogP contribution < -0.4 is 0 Å². The highest BCUT2D eigenvalue weighted by Crippen LogP contribution is 2.33. The fourth-order valence-corrected chi connectivity index (χ4v) is 0.931. The normalized spacial score (nSPS) is 28.8. The molecule has 8 heavy (non-hydrogen) atoms. The Kier molecular flexibility index (Phi) is 1.29. The number of nitrogens with zero attached hydrogens (tertiary/aromatic N) is 2. The van der Waals surface area contributed by atoms with E-state index in [1.807, 2.05) is 0 Å². The van der Waals surface area contributed by atoms with Gasteiger partial charge in [0, 0.05) is 5.41 Å². The van der Waals surface area contributed by atoms with Gasteiger partial charge in [0.15, 0.2) is 0 Å². The van der Waals surface area contributed by atoms with E-state index in [-0.39, 0.29) is 0 Å². The number of carboxylic acid groups (broad SMARTS) is 1. The molecule has 0 aliphatic carbocycles. The van der Waals surface area contributed by atoms with E-state index < -0.39 is 16.4 Å². The van der Waals surface area contributed by atoms with Gasteiger partial charge in [-0.15, -0.1) is 4.52 Å². The van der Waals surface area contributed by atoms with E-state index in [0.717, 1.165) is 0 Å². The van der Waals surface area contributed by atoms with Crippen LogP contribution in [-0.4, -0.2) is 10.4 Å². The van der Waals surface area contributed by atoms with E-state index in [2.05, 4.69) is 9.63 Å². The number of hydrogen-bond acceptors (Lipinski definition) is 3. The molecular weight excluding hydrogens is 128 g/mol. The predicted molar refractivity (Wildman–Crippen MR) is 31.0 cm³/mol. The zero-order chi connectivity index (χ0) is 5.98. The van der Waals surface area contributed by atoms with Gasteiger partial charge in [0.25, 0.3) is 0 Å². The summed E-state index contributed by atoms with van der Waals surface area (Å²) in [5, 5.41) is 12.2. The SMILES string of the molecule is O=C(O)[SH]1C=CN=N1. The minimum absolute atomic E-state index is 0.891. The molecule has 1 unspecified atom stereocenters. The van der Waals surface area contributed by atoms with Crippen molar-refractivity contribution in [2.24, 2.45) is 9.63 Å². The summed E-state index contributed by atoms with van der Waals surface area (Å²) in [5.74, 6) is 0. The molecule has 0 saturated carbocycles. The molecule has 0 radical (unpaired) electrons. The van der Waals surface area contributed by atoms with Crippen molar-refractivity contribution in [2.75, 3.05) is 0 Å². The Morgan fingerprint density at radius 2 is 2.50 bits per heavy atom. The third-order valence-electron chi connectivity index (χ3n) is 0.619. The maximum absolute atomic E-state index is 10.0. The third kappa shape index (κ3) is 0.865. The fraction of sp³-hybridized carbons (Fsp3) is 0. The maximum Gasteiger partial charge on any atom is 0.368 e. The Morgan fingerprint density at radius 3 is 2.75 bits per heavy atom. The van der Waals surface area contributed by atoms with Crippen LogP contribution in [0.5, 0.6) is 0 Å². The van der Waals surface area contributed by atoms with E-state index in [9.17, 15) is 4.79 Å². The molecule has 1 rings (SSSR count). The number of hydrogen-bond donors (Lipinski definition) is 2. The van der Waals surface area contributed by atoms with Crippen molar-refractivity contribution in [1.82, 2.24) is 0 Å². The monoisotopic (exact) mass is 132 g/mol. The van der Waals surface area contributed by atoms with Crippen molar-refractivity contribution in [1.29, 1.82) is 0 Å². The van der Waals surface area contributed by atoms with Crippen molar-refractivity contribution in [3.63, 3.8) is 0 Å². The van der Waals surface area contributed by atoms with E-state index in [1.165, 1.54) is 11.6 Å². The van der Waals surface area contributed by atoms with Gasteiger partial charge in [-0.05, 0) is 11.1 Å². The molecule has 0 fully saturated rings. The second-order valence-electron chi connectivity index (χ2n) is 1.13. The van der Waals surface area contributed by atoms with Crippen LogP contribution in [0, 0.1) is 0 Å². The average Bonchev–Trinajstić information content (AvgIpc) is 2.12. The standard InChI is InChI=1S/C3H4N2O2S/c6-3(7)8-2-1-4-5-8/h1-2,8H,(H,6,7). The van der Waals surface area contributed by atoms with Crippen molar-refractivity contribution in [3.8, 4) is 0 Å². The Morgan fingerprint density at radius 1 is 1.75 bits per heavy atom. The largest absolute Gasteiger partial charge is 0.473 e. The lowest BCUT2D eigenvalue weighted by Crippen LogP contribution is -1.84. The molecule has 0 aromatic heterocycles. The first-order valence-corrected chi connectivity index (χ1v) is 3.26. The van der Waals surface area contributed by atoms with Crippen LogP contribution in [0.25, 0.3) is 0 Å². The van der Waals surface area contributed by atoms with Crippen LogP contribution in [0.3, 0.4) is 0 Å². The Balaban J connectivity index is 2.62. The van der Waals surface area contributed by atoms with Crippen molar-refractivity contribution >= 4 is 16.4 Å². The first-order valence-electron chi connectivity index (χ1n) is 1.90. The maximum atomic E-state index is 10.0. The summed E-state index contributed by atoms with van der Waals surface area (Å²) in [4.78, 5) is 10.0. The van der Waals surface area contributed by atoms with Gasteiger partial charge >= 0.3 is 5.30 Å². The molecule has 1 atom stereocenters. The summed E-state index contributed by atoms with van der Waals surface area (Å²) in [6.07, 6.45) is 1.40. The summed E-state index contributed by atoms with van der Waals surface area (Å²) in [5.41, 5.74) is 0. The van der Waals surface area contributed by atoms with Crippen LogP contribution in [0.2, 0.25) is 0 Å². The molecule has 0 saturated heterocycles. The molecule has 0 bridgehead atoms. The summed E-state index contributed by atoms with van der Waals surface area (Å²) < 4.78 is 3.41. The van der Waals surface area contributed by atoms with Gasteiger partial charge in [-0.2, -0.15) is 5.11 Å². The zero-order valence-electron chi connectivity index (χ0n) is 3.85. The van der Waals surface area contributed by atoms with Crippen LogP contribution in [-0.2, 0) is 0 Å². The van der Waals surface area contributed by atoms with Crippen LogP contribution in [0.1, 0.15) is 0 Å². The molecule has 0 aromatic carbocycles. The van der Waals surface area contributed by atoms with Gasteiger partial charge < -0.3 is 5.11 Å². The third-order valence-corrected chi connectivity index (χ3v) is 1.72. The Hall–Kier alpha value is -0.840. The van der Waals surface area contributed by atoms with Gasteiger partial charge in [0.05, 0.1) is 6.20 Å². The van der Waals surface area contributed by atoms with Gasteiger partial charge in [-0.3, -0.25) is 0 Å². The fourth-order valence-electron chi connectivity index (χ4n) is 0.310. The molecule has 5 heteroatoms. The molecular formula is C3H4N2O2S. The number of thiol groups is 1. The van der Waals surface area contributed by atoms with Crippen molar-refractivity contribution in [2.45, 2.75) is 0 Å². The lowest BCUT2D eigenvalue weighted by Gasteiger charge is -1.94. The van der Waals surface area contributed by atoms with Gasteiger partial charge in [-0.25, -0.2) is 4.79 Å². The van der Waals surface area contributed by atoms with Gasteiger partial charge in [0.2, 0.25) is 0 Å². The van der Waals surface area contributed by atoms with Crippen molar-refractivity contribution < 1.29 is 9.90 Å². The Labute approximate surface area is 48.4 Å². The first-order chi connectivity index (χ1) is 3.80. The predicted octanol–water partition coefficient (Wildman–Crippen LogP) is 1.52. The van der Waals surface area contributed by atoms with Crippen LogP contribution in [0.4, 0.5) is 4.79 Å². The molecule has 44 valence electrons. The molecule has 1 N–H and O–H groups in total. The summed E-state index contributed by atoms with van der Waals surface area (Å²) >= 11 is -1.31. The van der Waals surface area contributed by atoms with Crippen LogP contribution >= 0.6 is 11.1 Å². The van der Waals surface area contributed by atoms with Gasteiger partial charge in [-0.1, -0.05) is 0 Å². The molecule has 0 spiro atoms. The summed E-state index contributed by atoms with van der Waals surface area (Å²) in [7, 11) is 0. The van der Waals surface area contributed by atoms with E-state index >= 15 is 0 Å². The molecule has 0 amide bonds. The van der Waals surface area contributed by atoms with Crippen LogP contribution in [0.15, 0.2) is 21.2 Å². The lowest BCUT2D eigenvalue weighted by molar-refractivity contribution is 0.222. The number of carbonyl (C=O) groups is 1. The van der Waals surface area contributed by atoms with E-state index in [4.69, 9.17) is 5.11 Å². The summed E-state index contributed by atoms with van der Waals surface area (Å²) in [6, 6.07) is 0. The molecule has 1 heterocycles. The Bertz CT molecular complexity index is 153. The first kappa shape index (κ1) is 5.30. The minimum Gasteiger partial charge on any atom is -0.473 e. The van der Waals surface area contributed by atoms with E-state index in [0.29, 0.717) is 0 Å². The van der Waals surface area contributed by atoms with Crippen molar-refractivity contribution in [3.05, 3.63) is 11.6 Å². The lowest BCUT2D eigenvalue weighted by atomic mass is 11.1. The second-order valence-corrected chi connectivity index (χ2v) is 2.68. The number of rotatable bonds is 0. The highest BCUT2D eigenvalue weighted by Gasteiger charge is 2.08.